The number of carboxylic acid groups (broad SMARTS) is 1. The molecule has 6 nitrogen and oxygen atoms in total. The predicted octanol–water partition coefficient (Wildman–Crippen LogP) is 1.64. The zero-order valence-electron chi connectivity index (χ0n) is 11.7. The molecule has 0 aliphatic carbocycles. The lowest BCUT2D eigenvalue weighted by atomic mass is 10.00. The van der Waals surface area contributed by atoms with E-state index in [1.54, 1.807) is 39.0 Å². The van der Waals surface area contributed by atoms with Gasteiger partial charge < -0.3 is 15.6 Å². The van der Waals surface area contributed by atoms with Crippen LogP contribution in [0, 0.1) is 0 Å². The molecule has 0 aromatic heterocycles. The predicted molar refractivity (Wildman–Crippen MR) is 74.8 cm³/mol. The van der Waals surface area contributed by atoms with Gasteiger partial charge in [-0.1, -0.05) is 13.0 Å². The third-order valence-electron chi connectivity index (χ3n) is 3.35. The smallest absolute Gasteiger partial charge is 0.326 e. The van der Waals surface area contributed by atoms with Gasteiger partial charge in [-0.05, 0) is 32.4 Å². The van der Waals surface area contributed by atoms with E-state index in [1.165, 1.54) is 4.90 Å². The molecule has 20 heavy (non-hydrogen) atoms. The third-order valence-corrected chi connectivity index (χ3v) is 3.35. The van der Waals surface area contributed by atoms with Crippen LogP contribution in [0.2, 0.25) is 0 Å². The van der Waals surface area contributed by atoms with Crippen molar-refractivity contribution in [3.8, 4) is 5.75 Å². The molecular weight excluding hydrogens is 260 g/mol. The Morgan fingerprint density at radius 3 is 2.70 bits per heavy atom. The Morgan fingerprint density at radius 2 is 2.15 bits per heavy atom. The molecule has 0 fully saturated rings. The lowest BCUT2D eigenvalue weighted by molar-refractivity contribution is -0.143. The Labute approximate surface area is 117 Å². The van der Waals surface area contributed by atoms with Crippen LogP contribution in [-0.4, -0.2) is 28.6 Å². The summed E-state index contributed by atoms with van der Waals surface area (Å²) in [5, 5.41) is 9.35. The van der Waals surface area contributed by atoms with Crippen molar-refractivity contribution in [2.24, 2.45) is 0 Å². The van der Waals surface area contributed by atoms with Crippen LogP contribution in [-0.2, 0) is 9.59 Å². The minimum Gasteiger partial charge on any atom is -0.480 e. The van der Waals surface area contributed by atoms with Gasteiger partial charge in [0.05, 0.1) is 5.69 Å². The van der Waals surface area contributed by atoms with Crippen LogP contribution in [0.25, 0.3) is 0 Å². The second-order valence-corrected chi connectivity index (χ2v) is 5.24. The number of nitrogens with two attached hydrogens (primary N) is 1. The van der Waals surface area contributed by atoms with E-state index in [9.17, 15) is 14.7 Å². The number of carbonyl (C=O) groups excluding carboxylic acids is 1. The normalized spacial score (nSPS) is 18.1. The second kappa shape index (κ2) is 4.70. The van der Waals surface area contributed by atoms with Gasteiger partial charge in [-0.2, -0.15) is 0 Å². The fourth-order valence-corrected chi connectivity index (χ4v) is 2.35. The molecule has 1 atom stereocenters. The van der Waals surface area contributed by atoms with Gasteiger partial charge in [0.15, 0.2) is 5.60 Å². The summed E-state index contributed by atoms with van der Waals surface area (Å²) < 4.78 is 5.65. The van der Waals surface area contributed by atoms with Crippen LogP contribution in [0.4, 0.5) is 11.4 Å². The Morgan fingerprint density at radius 1 is 1.50 bits per heavy atom. The van der Waals surface area contributed by atoms with E-state index in [0.717, 1.165) is 0 Å². The fourth-order valence-electron chi connectivity index (χ4n) is 2.35. The summed E-state index contributed by atoms with van der Waals surface area (Å²) in [6.45, 7) is 4.94. The van der Waals surface area contributed by atoms with E-state index >= 15 is 0 Å². The molecule has 1 unspecified atom stereocenters. The Balaban J connectivity index is 2.65. The van der Waals surface area contributed by atoms with Gasteiger partial charge >= 0.3 is 5.97 Å². The molecule has 3 N–H and O–H groups in total. The fraction of sp³-hybridized carbons (Fsp3) is 0.429. The summed E-state index contributed by atoms with van der Waals surface area (Å²) in [5.41, 5.74) is 5.45. The summed E-state index contributed by atoms with van der Waals surface area (Å²) in [7, 11) is 0. The molecular formula is C14H18N2O4. The molecule has 0 spiro atoms. The van der Waals surface area contributed by atoms with Crippen LogP contribution < -0.4 is 15.4 Å². The number of amides is 1. The average Bonchev–Trinajstić information content (AvgIpc) is 2.34. The quantitative estimate of drug-likeness (QED) is 0.820. The number of hydrogen-bond donors (Lipinski definition) is 2. The van der Waals surface area contributed by atoms with Crippen LogP contribution >= 0.6 is 0 Å². The number of hydrogen-bond acceptors (Lipinski definition) is 4. The van der Waals surface area contributed by atoms with Crippen molar-refractivity contribution in [1.82, 2.24) is 0 Å². The molecule has 0 radical (unpaired) electrons. The highest BCUT2D eigenvalue weighted by Gasteiger charge is 2.45. The number of nitrogen functional groups attached to an aromatic ring is 1. The molecule has 0 saturated carbocycles. The number of carboxylic acids is 1. The van der Waals surface area contributed by atoms with Crippen LogP contribution in [0.3, 0.4) is 0 Å². The molecule has 6 heteroatoms. The number of carbonyl (C=O) groups is 2. The van der Waals surface area contributed by atoms with Gasteiger partial charge in [0, 0.05) is 0 Å². The number of nitrogens with zero attached hydrogens (tertiary/aromatic N) is 1. The van der Waals surface area contributed by atoms with E-state index in [1.807, 2.05) is 0 Å². The first-order chi connectivity index (χ1) is 9.29. The molecule has 108 valence electrons. The van der Waals surface area contributed by atoms with Crippen molar-refractivity contribution in [1.29, 1.82) is 0 Å². The topological polar surface area (TPSA) is 92.9 Å². The number of fused-ring (bicyclic) bond motifs is 1. The molecule has 1 aliphatic heterocycles. The van der Waals surface area contributed by atoms with Gasteiger partial charge in [0.1, 0.15) is 17.5 Å². The Kier molecular flexibility index (Phi) is 3.33. The molecule has 1 amide bonds. The summed E-state index contributed by atoms with van der Waals surface area (Å²) in [4.78, 5) is 25.2. The maximum atomic E-state index is 12.5. The van der Waals surface area contributed by atoms with Gasteiger partial charge in [0.2, 0.25) is 0 Å². The van der Waals surface area contributed by atoms with Gasteiger partial charge in [0.25, 0.3) is 5.91 Å². The number of ether oxygens (including phenoxy) is 1. The maximum absolute atomic E-state index is 12.5. The highest BCUT2D eigenvalue weighted by molar-refractivity contribution is 6.08. The Bertz CT molecular complexity index is 568. The molecule has 0 bridgehead atoms. The first-order valence-electron chi connectivity index (χ1n) is 6.43. The van der Waals surface area contributed by atoms with Crippen molar-refractivity contribution in [2.45, 2.75) is 38.8 Å². The van der Waals surface area contributed by atoms with Gasteiger partial charge in [-0.3, -0.25) is 9.69 Å². The molecule has 2 rings (SSSR count). The number of benzene rings is 1. The molecule has 1 aromatic carbocycles. The van der Waals surface area contributed by atoms with E-state index in [2.05, 4.69) is 0 Å². The van der Waals surface area contributed by atoms with Crippen molar-refractivity contribution < 1.29 is 19.4 Å². The number of aliphatic carboxylic acids is 1. The third kappa shape index (κ3) is 2.07. The van der Waals surface area contributed by atoms with E-state index in [0.29, 0.717) is 17.1 Å². The van der Waals surface area contributed by atoms with E-state index < -0.39 is 23.5 Å². The van der Waals surface area contributed by atoms with Gasteiger partial charge in [-0.25, -0.2) is 4.79 Å². The summed E-state index contributed by atoms with van der Waals surface area (Å²) in [5.74, 6) is -1.04. The summed E-state index contributed by atoms with van der Waals surface area (Å²) >= 11 is 0. The molecule has 1 aliphatic rings. The van der Waals surface area contributed by atoms with Crippen molar-refractivity contribution in [3.05, 3.63) is 18.2 Å². The van der Waals surface area contributed by atoms with E-state index in [4.69, 9.17) is 10.5 Å². The zero-order valence-corrected chi connectivity index (χ0v) is 11.7. The number of para-hydroxylation sites is 1. The largest absolute Gasteiger partial charge is 0.480 e. The van der Waals surface area contributed by atoms with Crippen molar-refractivity contribution in [2.75, 3.05) is 10.6 Å². The lowest BCUT2D eigenvalue weighted by Crippen LogP contribution is -2.58. The molecule has 1 aromatic rings. The lowest BCUT2D eigenvalue weighted by Gasteiger charge is -2.41. The van der Waals surface area contributed by atoms with Crippen LogP contribution in [0.5, 0.6) is 5.75 Å². The monoisotopic (exact) mass is 278 g/mol. The van der Waals surface area contributed by atoms with Crippen LogP contribution in [0.15, 0.2) is 18.2 Å². The first kappa shape index (κ1) is 14.2. The Hall–Kier alpha value is -2.24. The molecule has 1 heterocycles. The summed E-state index contributed by atoms with van der Waals surface area (Å²) in [6.07, 6.45) is 0.283. The standard InChI is InChI=1S/C14H18N2O4/c1-4-9(12(17)18)16-11-8(15)6-5-7-10(11)20-14(2,3)13(16)19/h5-7,9H,4,15H2,1-3H3,(H,17,18). The van der Waals surface area contributed by atoms with Crippen LogP contribution in [0.1, 0.15) is 27.2 Å². The average molecular weight is 278 g/mol. The second-order valence-electron chi connectivity index (χ2n) is 5.24. The van der Waals surface area contributed by atoms with Crippen molar-refractivity contribution >= 4 is 23.3 Å². The highest BCUT2D eigenvalue weighted by Crippen LogP contribution is 2.43. The minimum atomic E-state index is -1.12. The summed E-state index contributed by atoms with van der Waals surface area (Å²) in [6, 6.07) is 4.05. The number of rotatable bonds is 3. The minimum absolute atomic E-state index is 0.283. The van der Waals surface area contributed by atoms with Crippen molar-refractivity contribution in [3.63, 3.8) is 0 Å². The van der Waals surface area contributed by atoms with E-state index in [-0.39, 0.29) is 6.42 Å². The SMILES string of the molecule is CCC(C(=O)O)N1C(=O)C(C)(C)Oc2cccc(N)c21. The highest BCUT2D eigenvalue weighted by atomic mass is 16.5. The first-order valence-corrected chi connectivity index (χ1v) is 6.43. The molecule has 0 saturated heterocycles. The maximum Gasteiger partial charge on any atom is 0.326 e. The zero-order chi connectivity index (χ0) is 15.1. The number of anilines is 2. The van der Waals surface area contributed by atoms with Gasteiger partial charge in [-0.15, -0.1) is 0 Å².